The van der Waals surface area contributed by atoms with Crippen LogP contribution in [0.2, 0.25) is 0 Å². The third kappa shape index (κ3) is 4.35. The predicted molar refractivity (Wildman–Crippen MR) is 49.5 cm³/mol. The molecule has 0 fully saturated rings. The van der Waals surface area contributed by atoms with E-state index in [-0.39, 0.29) is 0 Å². The predicted octanol–water partition coefficient (Wildman–Crippen LogP) is 0.393. The minimum atomic E-state index is 0.550. The zero-order valence-electron chi connectivity index (χ0n) is 8.39. The first-order valence-corrected chi connectivity index (χ1v) is 4.21. The van der Waals surface area contributed by atoms with Crippen molar-refractivity contribution in [3.8, 4) is 0 Å². The highest BCUT2D eigenvalue weighted by molar-refractivity contribution is 4.60. The van der Waals surface area contributed by atoms with Crippen LogP contribution in [-0.4, -0.2) is 50.3 Å². The first-order valence-electron chi connectivity index (χ1n) is 4.21. The van der Waals surface area contributed by atoms with Crippen LogP contribution in [0.15, 0.2) is 0 Å². The Balaban J connectivity index is 3.58. The first kappa shape index (κ1) is 10.9. The molecule has 0 aromatic rings. The number of hydrogen-bond donors (Lipinski definition) is 1. The van der Waals surface area contributed by atoms with Gasteiger partial charge in [0.25, 0.3) is 0 Å². The van der Waals surface area contributed by atoms with Gasteiger partial charge in [-0.2, -0.15) is 0 Å². The van der Waals surface area contributed by atoms with Gasteiger partial charge in [-0.25, -0.2) is 10.0 Å². The minimum Gasteiger partial charge on any atom is -0.316 e. The number of likely N-dealkylation sites (N-methyl/N-ethyl adjacent to an activating group) is 2. The molecule has 0 rings (SSSR count). The largest absolute Gasteiger partial charge is 0.316 e. The number of nitrogens with one attached hydrogen (secondary N) is 1. The van der Waals surface area contributed by atoms with Crippen molar-refractivity contribution in [2.75, 3.05) is 34.2 Å². The van der Waals surface area contributed by atoms with Gasteiger partial charge < -0.3 is 5.32 Å². The molecule has 0 aliphatic rings. The van der Waals surface area contributed by atoms with E-state index in [9.17, 15) is 0 Å². The summed E-state index contributed by atoms with van der Waals surface area (Å²) in [6.07, 6.45) is 0. The number of rotatable bonds is 5. The zero-order chi connectivity index (χ0) is 8.85. The van der Waals surface area contributed by atoms with Gasteiger partial charge in [0, 0.05) is 33.2 Å². The SMILES string of the molecule is CCN(C)N(C)CC(C)NC. The molecule has 0 spiro atoms. The molecule has 0 amide bonds. The Morgan fingerprint density at radius 1 is 1.27 bits per heavy atom. The summed E-state index contributed by atoms with van der Waals surface area (Å²) in [6.45, 7) is 6.45. The van der Waals surface area contributed by atoms with E-state index < -0.39 is 0 Å². The fourth-order valence-electron chi connectivity index (χ4n) is 0.868. The Labute approximate surface area is 70.3 Å². The summed E-state index contributed by atoms with van der Waals surface area (Å²) >= 11 is 0. The summed E-state index contributed by atoms with van der Waals surface area (Å²) in [5.74, 6) is 0. The third-order valence-electron chi connectivity index (χ3n) is 2.07. The van der Waals surface area contributed by atoms with Crippen molar-refractivity contribution in [2.45, 2.75) is 19.9 Å². The second kappa shape index (κ2) is 5.52. The highest BCUT2D eigenvalue weighted by Gasteiger charge is 2.06. The molecule has 3 nitrogen and oxygen atoms in total. The van der Waals surface area contributed by atoms with Crippen LogP contribution < -0.4 is 5.32 Å². The van der Waals surface area contributed by atoms with Crippen molar-refractivity contribution in [3.05, 3.63) is 0 Å². The molecule has 1 N–H and O–H groups in total. The number of nitrogens with zero attached hydrogens (tertiary/aromatic N) is 2. The van der Waals surface area contributed by atoms with Crippen molar-refractivity contribution < 1.29 is 0 Å². The molecule has 11 heavy (non-hydrogen) atoms. The third-order valence-corrected chi connectivity index (χ3v) is 2.07. The van der Waals surface area contributed by atoms with Gasteiger partial charge >= 0.3 is 0 Å². The molecule has 0 aliphatic heterocycles. The van der Waals surface area contributed by atoms with Crippen molar-refractivity contribution in [2.24, 2.45) is 0 Å². The first-order chi connectivity index (χ1) is 5.11. The van der Waals surface area contributed by atoms with Crippen LogP contribution in [0.5, 0.6) is 0 Å². The van der Waals surface area contributed by atoms with E-state index in [4.69, 9.17) is 0 Å². The van der Waals surface area contributed by atoms with E-state index in [1.165, 1.54) is 0 Å². The second-order valence-corrected chi connectivity index (χ2v) is 3.00. The van der Waals surface area contributed by atoms with Crippen LogP contribution in [0, 0.1) is 0 Å². The van der Waals surface area contributed by atoms with E-state index in [1.807, 2.05) is 7.05 Å². The van der Waals surface area contributed by atoms with Gasteiger partial charge in [0.1, 0.15) is 0 Å². The monoisotopic (exact) mass is 159 g/mol. The lowest BCUT2D eigenvalue weighted by molar-refractivity contribution is 0.0261. The van der Waals surface area contributed by atoms with Crippen LogP contribution >= 0.6 is 0 Å². The van der Waals surface area contributed by atoms with Crippen molar-refractivity contribution >= 4 is 0 Å². The minimum absolute atomic E-state index is 0.550. The molecular formula is C8H21N3. The Hall–Kier alpha value is -0.120. The summed E-state index contributed by atoms with van der Waals surface area (Å²) in [7, 11) is 6.20. The van der Waals surface area contributed by atoms with Crippen LogP contribution in [0.3, 0.4) is 0 Å². The van der Waals surface area contributed by atoms with Gasteiger partial charge in [0.15, 0.2) is 0 Å². The van der Waals surface area contributed by atoms with Crippen LogP contribution in [0.1, 0.15) is 13.8 Å². The van der Waals surface area contributed by atoms with Gasteiger partial charge in [0.05, 0.1) is 0 Å². The maximum Gasteiger partial charge on any atom is 0.0281 e. The Bertz CT molecular complexity index is 95.3. The maximum absolute atomic E-state index is 3.21. The average Bonchev–Trinajstić information content (AvgIpc) is 2.02. The lowest BCUT2D eigenvalue weighted by Gasteiger charge is -2.29. The van der Waals surface area contributed by atoms with Gasteiger partial charge in [-0.05, 0) is 14.0 Å². The lowest BCUT2D eigenvalue weighted by Crippen LogP contribution is -2.43. The summed E-state index contributed by atoms with van der Waals surface area (Å²) in [4.78, 5) is 0. The van der Waals surface area contributed by atoms with E-state index in [2.05, 4.69) is 43.3 Å². The van der Waals surface area contributed by atoms with E-state index in [1.54, 1.807) is 0 Å². The highest BCUT2D eigenvalue weighted by Crippen LogP contribution is 1.91. The molecule has 0 bridgehead atoms. The number of hydrogen-bond acceptors (Lipinski definition) is 3. The molecular weight excluding hydrogens is 138 g/mol. The fraction of sp³-hybridized carbons (Fsp3) is 1.00. The topological polar surface area (TPSA) is 18.5 Å². The molecule has 0 radical (unpaired) electrons. The number of hydrazine groups is 1. The summed E-state index contributed by atoms with van der Waals surface area (Å²) < 4.78 is 0. The Morgan fingerprint density at radius 2 is 1.82 bits per heavy atom. The molecule has 1 unspecified atom stereocenters. The highest BCUT2D eigenvalue weighted by atomic mass is 15.6. The van der Waals surface area contributed by atoms with Crippen molar-refractivity contribution in [1.82, 2.24) is 15.3 Å². The lowest BCUT2D eigenvalue weighted by atomic mass is 10.3. The van der Waals surface area contributed by atoms with Crippen LogP contribution in [0.4, 0.5) is 0 Å². The Morgan fingerprint density at radius 3 is 2.18 bits per heavy atom. The average molecular weight is 159 g/mol. The summed E-state index contributed by atoms with van der Waals surface area (Å²) in [6, 6.07) is 0.550. The van der Waals surface area contributed by atoms with Gasteiger partial charge in [0.2, 0.25) is 0 Å². The van der Waals surface area contributed by atoms with Crippen molar-refractivity contribution in [1.29, 1.82) is 0 Å². The van der Waals surface area contributed by atoms with Crippen molar-refractivity contribution in [3.63, 3.8) is 0 Å². The van der Waals surface area contributed by atoms with Gasteiger partial charge in [-0.3, -0.25) is 0 Å². The van der Waals surface area contributed by atoms with Crippen LogP contribution in [0.25, 0.3) is 0 Å². The summed E-state index contributed by atoms with van der Waals surface area (Å²) in [5.41, 5.74) is 0. The van der Waals surface area contributed by atoms with E-state index >= 15 is 0 Å². The van der Waals surface area contributed by atoms with Crippen LogP contribution in [-0.2, 0) is 0 Å². The quantitative estimate of drug-likeness (QED) is 0.586. The standard InChI is InChI=1S/C8H21N3/c1-6-10(4)11(5)7-8(2)9-3/h8-9H,6-7H2,1-5H3. The maximum atomic E-state index is 3.21. The summed E-state index contributed by atoms with van der Waals surface area (Å²) in [5, 5.41) is 7.63. The molecule has 1 atom stereocenters. The molecule has 0 heterocycles. The smallest absolute Gasteiger partial charge is 0.0281 e. The van der Waals surface area contributed by atoms with Gasteiger partial charge in [-0.1, -0.05) is 6.92 Å². The molecule has 0 aromatic carbocycles. The normalized spacial score (nSPS) is 14.5. The second-order valence-electron chi connectivity index (χ2n) is 3.00. The van der Waals surface area contributed by atoms with Gasteiger partial charge in [-0.15, -0.1) is 0 Å². The molecule has 68 valence electrons. The van der Waals surface area contributed by atoms with E-state index in [0.29, 0.717) is 6.04 Å². The zero-order valence-corrected chi connectivity index (χ0v) is 8.39. The Kier molecular flexibility index (Phi) is 5.46. The molecule has 0 saturated heterocycles. The molecule has 0 aromatic heterocycles. The molecule has 0 saturated carbocycles. The fourth-order valence-corrected chi connectivity index (χ4v) is 0.868. The van der Waals surface area contributed by atoms with E-state index in [0.717, 1.165) is 13.1 Å². The molecule has 0 aliphatic carbocycles. The molecule has 3 heteroatoms.